The van der Waals surface area contributed by atoms with E-state index in [-0.39, 0.29) is 11.7 Å². The molecule has 1 saturated carbocycles. The van der Waals surface area contributed by atoms with Gasteiger partial charge >= 0.3 is 0 Å². The molecule has 7 heteroatoms. The van der Waals surface area contributed by atoms with Crippen LogP contribution in [0.1, 0.15) is 48.2 Å². The van der Waals surface area contributed by atoms with Crippen molar-refractivity contribution in [2.24, 2.45) is 0 Å². The van der Waals surface area contributed by atoms with Crippen molar-refractivity contribution in [3.05, 3.63) is 78.3 Å². The Balaban J connectivity index is 1.31. The molecule has 2 N–H and O–H groups in total. The Kier molecular flexibility index (Phi) is 5.77. The third kappa shape index (κ3) is 4.72. The first-order chi connectivity index (χ1) is 16.1. The van der Waals surface area contributed by atoms with Gasteiger partial charge in [0, 0.05) is 31.0 Å². The maximum absolute atomic E-state index is 13.2. The molecule has 2 heterocycles. The predicted octanol–water partition coefficient (Wildman–Crippen LogP) is 4.69. The summed E-state index contributed by atoms with van der Waals surface area (Å²) in [6.45, 7) is 0. The van der Waals surface area contributed by atoms with E-state index in [0.29, 0.717) is 23.6 Å². The maximum atomic E-state index is 13.2. The molecule has 33 heavy (non-hydrogen) atoms. The number of furan rings is 1. The lowest BCUT2D eigenvalue weighted by Crippen LogP contribution is -2.45. The number of ether oxygens (including phenoxy) is 2. The van der Waals surface area contributed by atoms with E-state index in [1.165, 1.54) is 12.7 Å². The van der Waals surface area contributed by atoms with Crippen molar-refractivity contribution < 1.29 is 23.5 Å². The predicted molar refractivity (Wildman–Crippen MR) is 122 cm³/mol. The van der Waals surface area contributed by atoms with E-state index < -0.39 is 17.7 Å². The normalized spacial score (nSPS) is 16.8. The molecule has 170 valence electrons. The van der Waals surface area contributed by atoms with Gasteiger partial charge in [0.2, 0.25) is 5.91 Å². The van der Waals surface area contributed by atoms with Gasteiger partial charge < -0.3 is 24.5 Å². The van der Waals surface area contributed by atoms with Gasteiger partial charge in [0.25, 0.3) is 11.7 Å². The van der Waals surface area contributed by atoms with Crippen LogP contribution < -0.4 is 20.1 Å². The van der Waals surface area contributed by atoms with Crippen molar-refractivity contribution in [2.75, 3.05) is 5.32 Å². The van der Waals surface area contributed by atoms with Gasteiger partial charge in [-0.3, -0.25) is 9.59 Å². The van der Waals surface area contributed by atoms with Crippen LogP contribution in [0.25, 0.3) is 0 Å². The van der Waals surface area contributed by atoms with Crippen LogP contribution >= 0.6 is 0 Å². The van der Waals surface area contributed by atoms with E-state index in [4.69, 9.17) is 13.9 Å². The lowest BCUT2D eigenvalue weighted by molar-refractivity contribution is -0.118. The Morgan fingerprint density at radius 3 is 2.45 bits per heavy atom. The van der Waals surface area contributed by atoms with Gasteiger partial charge in [-0.15, -0.1) is 0 Å². The van der Waals surface area contributed by atoms with Crippen LogP contribution in [-0.2, 0) is 11.2 Å². The fourth-order valence-corrected chi connectivity index (χ4v) is 4.39. The molecule has 3 aromatic rings. The number of hydrogen-bond donors (Lipinski definition) is 2. The fraction of sp³-hybridized carbons (Fsp3) is 0.308. The number of nitrogens with one attached hydrogen (secondary N) is 2. The molecular weight excluding hydrogens is 420 g/mol. The highest BCUT2D eigenvalue weighted by Crippen LogP contribution is 2.46. The van der Waals surface area contributed by atoms with Crippen molar-refractivity contribution in [3.8, 4) is 11.5 Å². The first-order valence-corrected chi connectivity index (χ1v) is 11.3. The SMILES string of the molecule is O=C(NC(Cc1ccccc1)C(=O)Nc1ccc2c(c1)OC1(CCCCC1)O2)c1ccco1. The second-order valence-electron chi connectivity index (χ2n) is 8.52. The molecule has 0 saturated heterocycles. The van der Waals surface area contributed by atoms with Gasteiger partial charge in [-0.2, -0.15) is 0 Å². The summed E-state index contributed by atoms with van der Waals surface area (Å²) in [4.78, 5) is 25.8. The monoisotopic (exact) mass is 446 g/mol. The first kappa shape index (κ1) is 21.1. The van der Waals surface area contributed by atoms with Crippen LogP contribution in [0.3, 0.4) is 0 Å². The zero-order valence-corrected chi connectivity index (χ0v) is 18.2. The zero-order chi connectivity index (χ0) is 22.7. The molecule has 1 atom stereocenters. The van der Waals surface area contributed by atoms with Gasteiger partial charge in [0.15, 0.2) is 17.3 Å². The third-order valence-electron chi connectivity index (χ3n) is 6.07. The smallest absolute Gasteiger partial charge is 0.287 e. The first-order valence-electron chi connectivity index (χ1n) is 11.3. The van der Waals surface area contributed by atoms with E-state index in [9.17, 15) is 9.59 Å². The highest BCUT2D eigenvalue weighted by molar-refractivity contribution is 6.00. The molecule has 1 aliphatic carbocycles. The number of carbonyl (C=O) groups is 2. The second-order valence-corrected chi connectivity index (χ2v) is 8.52. The minimum Gasteiger partial charge on any atom is -0.459 e. The van der Waals surface area contributed by atoms with Gasteiger partial charge in [-0.05, 0) is 42.7 Å². The molecule has 7 nitrogen and oxygen atoms in total. The van der Waals surface area contributed by atoms with Crippen LogP contribution in [0.2, 0.25) is 0 Å². The second kappa shape index (κ2) is 9.02. The number of fused-ring (bicyclic) bond motifs is 1. The molecule has 1 fully saturated rings. The molecule has 1 aromatic heterocycles. The largest absolute Gasteiger partial charge is 0.459 e. The summed E-state index contributed by atoms with van der Waals surface area (Å²) in [7, 11) is 0. The summed E-state index contributed by atoms with van der Waals surface area (Å²) in [5, 5.41) is 5.70. The lowest BCUT2D eigenvalue weighted by Gasteiger charge is -2.31. The number of anilines is 1. The fourth-order valence-electron chi connectivity index (χ4n) is 4.39. The van der Waals surface area contributed by atoms with Gasteiger partial charge in [0.05, 0.1) is 6.26 Å². The van der Waals surface area contributed by atoms with Crippen molar-refractivity contribution in [2.45, 2.75) is 50.4 Å². The number of hydrogen-bond acceptors (Lipinski definition) is 5. The number of amides is 2. The number of benzene rings is 2. The Morgan fingerprint density at radius 2 is 1.70 bits per heavy atom. The van der Waals surface area contributed by atoms with Gasteiger partial charge in [-0.1, -0.05) is 36.8 Å². The van der Waals surface area contributed by atoms with Crippen LogP contribution in [0.5, 0.6) is 11.5 Å². The highest BCUT2D eigenvalue weighted by Gasteiger charge is 2.42. The van der Waals surface area contributed by atoms with E-state index in [2.05, 4.69) is 10.6 Å². The Morgan fingerprint density at radius 1 is 0.909 bits per heavy atom. The van der Waals surface area contributed by atoms with Crippen molar-refractivity contribution in [1.82, 2.24) is 5.32 Å². The molecule has 2 aliphatic rings. The quantitative estimate of drug-likeness (QED) is 0.573. The third-order valence-corrected chi connectivity index (χ3v) is 6.07. The summed E-state index contributed by atoms with van der Waals surface area (Å²) in [6.07, 6.45) is 6.84. The summed E-state index contributed by atoms with van der Waals surface area (Å²) >= 11 is 0. The molecule has 1 aliphatic heterocycles. The Labute approximate surface area is 192 Å². The van der Waals surface area contributed by atoms with E-state index in [1.54, 1.807) is 24.3 Å². The number of carbonyl (C=O) groups excluding carboxylic acids is 2. The lowest BCUT2D eigenvalue weighted by atomic mass is 9.94. The summed E-state index contributed by atoms with van der Waals surface area (Å²) < 4.78 is 17.5. The van der Waals surface area contributed by atoms with Crippen molar-refractivity contribution in [3.63, 3.8) is 0 Å². The van der Waals surface area contributed by atoms with Crippen molar-refractivity contribution >= 4 is 17.5 Å². The van der Waals surface area contributed by atoms with Crippen LogP contribution in [-0.4, -0.2) is 23.6 Å². The standard InChI is InChI=1S/C26H26N2O5/c29-24(20(16-18-8-3-1-4-9-18)28-25(30)22-10-7-15-31-22)27-19-11-12-21-23(17-19)33-26(32-21)13-5-2-6-14-26/h1,3-4,7-12,15,17,20H,2,5-6,13-14,16H2,(H,27,29)(H,28,30). The molecule has 5 rings (SSSR count). The van der Waals surface area contributed by atoms with Crippen LogP contribution in [0, 0.1) is 0 Å². The Bertz CT molecular complexity index is 1120. The summed E-state index contributed by atoms with van der Waals surface area (Å²) in [5.74, 6) is 0.138. The van der Waals surface area contributed by atoms with Crippen LogP contribution in [0.4, 0.5) is 5.69 Å². The molecule has 0 radical (unpaired) electrons. The highest BCUT2D eigenvalue weighted by atomic mass is 16.7. The molecular formula is C26H26N2O5. The average Bonchev–Trinajstić information content (AvgIpc) is 3.48. The van der Waals surface area contributed by atoms with E-state index in [0.717, 1.165) is 31.2 Å². The van der Waals surface area contributed by atoms with Crippen LogP contribution in [0.15, 0.2) is 71.3 Å². The van der Waals surface area contributed by atoms with E-state index in [1.807, 2.05) is 36.4 Å². The average molecular weight is 447 g/mol. The van der Waals surface area contributed by atoms with Gasteiger partial charge in [0.1, 0.15) is 6.04 Å². The molecule has 2 aromatic carbocycles. The Hall–Kier alpha value is -3.74. The zero-order valence-electron chi connectivity index (χ0n) is 18.2. The minimum absolute atomic E-state index is 0.154. The maximum Gasteiger partial charge on any atom is 0.287 e. The number of rotatable bonds is 6. The molecule has 1 unspecified atom stereocenters. The van der Waals surface area contributed by atoms with E-state index >= 15 is 0 Å². The summed E-state index contributed by atoms with van der Waals surface area (Å²) in [5.41, 5.74) is 1.52. The molecule has 2 amide bonds. The molecule has 1 spiro atoms. The van der Waals surface area contributed by atoms with Crippen molar-refractivity contribution in [1.29, 1.82) is 0 Å². The minimum atomic E-state index is -0.792. The molecule has 0 bridgehead atoms. The van der Waals surface area contributed by atoms with Gasteiger partial charge in [-0.25, -0.2) is 0 Å². The summed E-state index contributed by atoms with van der Waals surface area (Å²) in [6, 6.07) is 17.3. The topological polar surface area (TPSA) is 89.8 Å².